The van der Waals surface area contributed by atoms with Crippen LogP contribution in [0, 0.1) is 6.92 Å². The molecule has 1 amide bonds. The Morgan fingerprint density at radius 3 is 2.65 bits per heavy atom. The summed E-state index contributed by atoms with van der Waals surface area (Å²) in [5.74, 6) is 1.27. The molecule has 0 saturated heterocycles. The van der Waals surface area contributed by atoms with Crippen LogP contribution in [-0.4, -0.2) is 30.5 Å². The van der Waals surface area contributed by atoms with Crippen molar-refractivity contribution in [3.8, 4) is 11.5 Å². The molecule has 5 rings (SSSR count). The van der Waals surface area contributed by atoms with Crippen LogP contribution in [0.3, 0.4) is 0 Å². The minimum Gasteiger partial charge on any atom is -0.611 e. The van der Waals surface area contributed by atoms with Crippen LogP contribution in [0.4, 0.5) is 5.69 Å². The second kappa shape index (κ2) is 10.2. The van der Waals surface area contributed by atoms with Crippen LogP contribution in [-0.2, 0) is 27.9 Å². The maximum absolute atomic E-state index is 12.9. The molecule has 2 aromatic carbocycles. The summed E-state index contributed by atoms with van der Waals surface area (Å²) in [5, 5.41) is 8.34. The largest absolute Gasteiger partial charge is 0.611 e. The van der Waals surface area contributed by atoms with Gasteiger partial charge in [-0.05, 0) is 93.5 Å². The fourth-order valence-corrected chi connectivity index (χ4v) is 5.87. The van der Waals surface area contributed by atoms with Gasteiger partial charge in [-0.2, -0.15) is 5.10 Å². The lowest BCUT2D eigenvalue weighted by molar-refractivity contribution is -0.115. The maximum atomic E-state index is 12.9. The highest BCUT2D eigenvalue weighted by Gasteiger charge is 2.31. The molecule has 7 nitrogen and oxygen atoms in total. The maximum Gasteiger partial charge on any atom is 0.228 e. The van der Waals surface area contributed by atoms with E-state index >= 15 is 0 Å². The first-order valence-electron chi connectivity index (χ1n) is 12.6. The number of ether oxygens (including phenoxy) is 1. The van der Waals surface area contributed by atoms with Crippen LogP contribution in [0.25, 0.3) is 10.9 Å². The predicted molar refractivity (Wildman–Crippen MR) is 147 cm³/mol. The van der Waals surface area contributed by atoms with Crippen molar-refractivity contribution in [1.82, 2.24) is 14.8 Å². The quantitative estimate of drug-likeness (QED) is 0.298. The van der Waals surface area contributed by atoms with Gasteiger partial charge in [-0.15, -0.1) is 0 Å². The van der Waals surface area contributed by atoms with Crippen molar-refractivity contribution in [2.24, 2.45) is 0 Å². The first-order chi connectivity index (χ1) is 17.7. The Bertz CT molecular complexity index is 1440. The highest BCUT2D eigenvalue weighted by Crippen LogP contribution is 2.35. The van der Waals surface area contributed by atoms with E-state index in [0.717, 1.165) is 46.2 Å². The van der Waals surface area contributed by atoms with Crippen molar-refractivity contribution in [2.45, 2.75) is 69.1 Å². The van der Waals surface area contributed by atoms with Gasteiger partial charge in [0.05, 0.1) is 29.4 Å². The van der Waals surface area contributed by atoms with Crippen molar-refractivity contribution in [1.29, 1.82) is 0 Å². The number of amides is 1. The number of nitrogens with one attached hydrogen (secondary N) is 1. The molecule has 8 heteroatoms. The molecular weight excluding hydrogens is 484 g/mol. The smallest absolute Gasteiger partial charge is 0.228 e. The normalized spacial score (nSPS) is 14.8. The minimum absolute atomic E-state index is 0.103. The number of carbonyl (C=O) groups is 1. The Balaban J connectivity index is 1.29. The third-order valence-electron chi connectivity index (χ3n) is 6.64. The van der Waals surface area contributed by atoms with E-state index in [-0.39, 0.29) is 23.1 Å². The summed E-state index contributed by atoms with van der Waals surface area (Å²) in [4.78, 5) is 17.9. The van der Waals surface area contributed by atoms with Crippen LogP contribution >= 0.6 is 0 Å². The van der Waals surface area contributed by atoms with Gasteiger partial charge in [-0.3, -0.25) is 14.5 Å². The number of hydrogen-bond donors (Lipinski definition) is 1. The molecule has 1 aliphatic carbocycles. The van der Waals surface area contributed by atoms with Gasteiger partial charge in [-0.25, -0.2) is 0 Å². The third-order valence-corrected chi connectivity index (χ3v) is 8.43. The van der Waals surface area contributed by atoms with E-state index in [1.165, 1.54) is 0 Å². The van der Waals surface area contributed by atoms with Crippen molar-refractivity contribution in [3.63, 3.8) is 0 Å². The topological polar surface area (TPSA) is 92.1 Å². The van der Waals surface area contributed by atoms with E-state index in [2.05, 4.69) is 36.2 Å². The molecule has 1 aliphatic rings. The molecular formula is C29H32N4O3S. The standard InChI is InChI=1S/C29H32N4O3S/c1-19-14-20(15-28(34)32-21-17-31-33(18-21)29(2,3)4)8-11-26(19)36-27-12-13-30-25-10-9-23(16-24(25)27)37(35)22-6-5-7-22/h8-14,16-18,22H,5-7,15H2,1-4H3,(H,32,34). The summed E-state index contributed by atoms with van der Waals surface area (Å²) in [5.41, 5.74) is 3.14. The molecule has 4 aromatic rings. The molecule has 0 radical (unpaired) electrons. The van der Waals surface area contributed by atoms with Gasteiger partial charge in [0.1, 0.15) is 16.7 Å². The molecule has 1 fully saturated rings. The summed E-state index contributed by atoms with van der Waals surface area (Å²) >= 11 is -1.01. The van der Waals surface area contributed by atoms with Crippen LogP contribution in [0.5, 0.6) is 11.5 Å². The number of aromatic nitrogens is 3. The number of fused-ring (bicyclic) bond motifs is 1. The van der Waals surface area contributed by atoms with Crippen LogP contribution in [0.2, 0.25) is 0 Å². The lowest BCUT2D eigenvalue weighted by atomic mass is 10.00. The summed E-state index contributed by atoms with van der Waals surface area (Å²) in [6, 6.07) is 13.4. The second-order valence-electron chi connectivity index (χ2n) is 10.6. The fourth-order valence-electron chi connectivity index (χ4n) is 4.29. The van der Waals surface area contributed by atoms with E-state index < -0.39 is 11.2 Å². The van der Waals surface area contributed by atoms with Gasteiger partial charge < -0.3 is 14.6 Å². The summed E-state index contributed by atoms with van der Waals surface area (Å²) in [7, 11) is 0. The van der Waals surface area contributed by atoms with Crippen LogP contribution < -0.4 is 10.1 Å². The van der Waals surface area contributed by atoms with Gasteiger partial charge >= 0.3 is 0 Å². The first kappa shape index (κ1) is 25.3. The third kappa shape index (κ3) is 5.65. The second-order valence-corrected chi connectivity index (χ2v) is 12.3. The SMILES string of the molecule is Cc1cc(CC(=O)Nc2cnn(C(C)(C)C)c2)ccc1Oc1ccnc2ccc([S+]([O-])C3CCC3)cc12. The molecule has 192 valence electrons. The molecule has 0 aliphatic heterocycles. The number of aryl methyl sites for hydroxylation is 1. The molecule has 1 N–H and O–H groups in total. The number of rotatable bonds is 7. The van der Waals surface area contributed by atoms with Crippen LogP contribution in [0.1, 0.15) is 51.2 Å². The zero-order chi connectivity index (χ0) is 26.2. The zero-order valence-corrected chi connectivity index (χ0v) is 22.5. The Morgan fingerprint density at radius 2 is 1.97 bits per heavy atom. The lowest BCUT2D eigenvalue weighted by Gasteiger charge is -2.27. The molecule has 0 bridgehead atoms. The van der Waals surface area contributed by atoms with Gasteiger partial charge in [0, 0.05) is 23.8 Å². The highest BCUT2D eigenvalue weighted by molar-refractivity contribution is 7.92. The Hall–Kier alpha value is -3.36. The highest BCUT2D eigenvalue weighted by atomic mass is 32.2. The van der Waals surface area contributed by atoms with E-state index in [4.69, 9.17) is 4.74 Å². The summed E-state index contributed by atoms with van der Waals surface area (Å²) in [6.07, 6.45) is 8.66. The van der Waals surface area contributed by atoms with Crippen molar-refractivity contribution < 1.29 is 14.1 Å². The lowest BCUT2D eigenvalue weighted by Crippen LogP contribution is -2.28. The van der Waals surface area contributed by atoms with Crippen molar-refractivity contribution >= 4 is 33.7 Å². The summed E-state index contributed by atoms with van der Waals surface area (Å²) in [6.45, 7) is 8.14. The average Bonchev–Trinajstić information content (AvgIpc) is 3.28. The Labute approximate surface area is 220 Å². The molecule has 1 saturated carbocycles. The molecule has 2 aromatic heterocycles. The molecule has 2 heterocycles. The number of pyridine rings is 1. The van der Waals surface area contributed by atoms with Crippen LogP contribution in [0.15, 0.2) is 66.0 Å². The Kier molecular flexibility index (Phi) is 6.96. The van der Waals surface area contributed by atoms with E-state index in [9.17, 15) is 9.35 Å². The zero-order valence-electron chi connectivity index (χ0n) is 21.7. The van der Waals surface area contributed by atoms with Gasteiger partial charge in [-0.1, -0.05) is 12.1 Å². The molecule has 0 spiro atoms. The average molecular weight is 517 g/mol. The van der Waals surface area contributed by atoms with Crippen molar-refractivity contribution in [2.75, 3.05) is 5.32 Å². The number of carbonyl (C=O) groups excluding carboxylic acids is 1. The molecule has 1 atom stereocenters. The van der Waals surface area contributed by atoms with E-state index in [0.29, 0.717) is 17.2 Å². The number of nitrogens with zero attached hydrogens (tertiary/aromatic N) is 3. The van der Waals surface area contributed by atoms with Gasteiger partial charge in [0.15, 0.2) is 4.90 Å². The number of anilines is 1. The predicted octanol–water partition coefficient (Wildman–Crippen LogP) is 6.13. The van der Waals surface area contributed by atoms with E-state index in [1.807, 2.05) is 60.3 Å². The minimum atomic E-state index is -1.01. The number of hydrogen-bond acceptors (Lipinski definition) is 5. The Morgan fingerprint density at radius 1 is 1.16 bits per heavy atom. The van der Waals surface area contributed by atoms with E-state index in [1.54, 1.807) is 12.4 Å². The molecule has 37 heavy (non-hydrogen) atoms. The summed E-state index contributed by atoms with van der Waals surface area (Å²) < 4.78 is 21.0. The molecule has 1 unspecified atom stereocenters. The van der Waals surface area contributed by atoms with Gasteiger partial charge in [0.2, 0.25) is 5.91 Å². The van der Waals surface area contributed by atoms with Gasteiger partial charge in [0.25, 0.3) is 0 Å². The van der Waals surface area contributed by atoms with Crippen molar-refractivity contribution in [3.05, 3.63) is 72.2 Å². The first-order valence-corrected chi connectivity index (χ1v) is 13.8. The number of benzene rings is 2. The fraction of sp³-hybridized carbons (Fsp3) is 0.345. The monoisotopic (exact) mass is 516 g/mol.